The molecule has 2 saturated carbocycles. The van der Waals surface area contributed by atoms with Crippen LogP contribution in [-0.4, -0.2) is 98.3 Å². The number of carbonyl (C=O) groups excluding carboxylic acids is 4. The van der Waals surface area contributed by atoms with Crippen LogP contribution in [0.1, 0.15) is 92.9 Å². The second-order valence-corrected chi connectivity index (χ2v) is 11.4. The summed E-state index contributed by atoms with van der Waals surface area (Å²) in [6.07, 6.45) is -0.326. The van der Waals surface area contributed by atoms with E-state index < -0.39 is 61.6 Å². The van der Waals surface area contributed by atoms with Gasteiger partial charge in [0.15, 0.2) is 0 Å². The third-order valence-electron chi connectivity index (χ3n) is 6.71. The molecular weight excluding hydrogens is 826 g/mol. The summed E-state index contributed by atoms with van der Waals surface area (Å²) in [6.45, 7) is 17.3. The van der Waals surface area contributed by atoms with E-state index in [-0.39, 0.29) is 104 Å². The average Bonchev–Trinajstić information content (AvgIpc) is 3.04. The first kappa shape index (κ1) is 54.0. The molecule has 2 radical (unpaired) electrons. The Kier molecular flexibility index (Phi) is 35.2. The molecule has 2 aliphatic carbocycles. The van der Waals surface area contributed by atoms with Gasteiger partial charge in [-0.2, -0.15) is 0 Å². The van der Waals surface area contributed by atoms with E-state index in [0.29, 0.717) is 25.7 Å². The predicted molar refractivity (Wildman–Crippen MR) is 176 cm³/mol. The number of ether oxygens (including phenoxy) is 9. The molecular formula is C34H58O15Y2. The smallest absolute Gasteiger partial charge is 0.431 e. The molecule has 0 aromatic heterocycles. The van der Waals surface area contributed by atoms with Crippen LogP contribution in [0.25, 0.3) is 0 Å². The van der Waals surface area contributed by atoms with E-state index in [1.807, 2.05) is 0 Å². The van der Waals surface area contributed by atoms with Gasteiger partial charge in [-0.05, 0) is 64.2 Å². The molecule has 0 saturated heterocycles. The quantitative estimate of drug-likeness (QED) is 0.0626. The summed E-state index contributed by atoms with van der Waals surface area (Å²) in [7, 11) is 0. The molecule has 51 heavy (non-hydrogen) atoms. The Bertz CT molecular complexity index is 968. The topological polar surface area (TPSA) is 192 Å². The fourth-order valence-corrected chi connectivity index (χ4v) is 4.47. The molecule has 0 aromatic rings. The van der Waals surface area contributed by atoms with E-state index in [1.54, 1.807) is 12.2 Å². The van der Waals surface area contributed by atoms with Gasteiger partial charge in [-0.1, -0.05) is 52.7 Å². The van der Waals surface area contributed by atoms with E-state index >= 15 is 0 Å². The molecule has 290 valence electrons. The van der Waals surface area contributed by atoms with E-state index in [4.69, 9.17) is 42.6 Å². The van der Waals surface area contributed by atoms with E-state index in [0.717, 1.165) is 12.8 Å². The van der Waals surface area contributed by atoms with Crippen molar-refractivity contribution in [2.45, 2.75) is 130 Å². The molecule has 0 spiro atoms. The van der Waals surface area contributed by atoms with Gasteiger partial charge in [-0.25, -0.2) is 19.2 Å². The van der Waals surface area contributed by atoms with Crippen molar-refractivity contribution in [2.75, 3.05) is 26.4 Å². The fourth-order valence-electron chi connectivity index (χ4n) is 4.47. The van der Waals surface area contributed by atoms with Gasteiger partial charge in [0.1, 0.15) is 38.6 Å². The van der Waals surface area contributed by atoms with Crippen LogP contribution in [0.2, 0.25) is 0 Å². The van der Waals surface area contributed by atoms with Crippen molar-refractivity contribution in [3.63, 3.8) is 0 Å². The van der Waals surface area contributed by atoms with E-state index in [9.17, 15) is 29.4 Å². The summed E-state index contributed by atoms with van der Waals surface area (Å²) in [5.74, 6) is 0.299. The van der Waals surface area contributed by atoms with Crippen molar-refractivity contribution < 1.29 is 137 Å². The summed E-state index contributed by atoms with van der Waals surface area (Å²) in [4.78, 5) is 47.2. The van der Waals surface area contributed by atoms with Crippen molar-refractivity contribution in [3.05, 3.63) is 25.3 Å². The molecule has 8 unspecified atom stereocenters. The maximum atomic E-state index is 11.8. The summed E-state index contributed by atoms with van der Waals surface area (Å²) in [5.41, 5.74) is 0. The first-order chi connectivity index (χ1) is 23.3. The summed E-state index contributed by atoms with van der Waals surface area (Å²) >= 11 is 0. The van der Waals surface area contributed by atoms with Gasteiger partial charge >= 0.3 is 24.6 Å². The van der Waals surface area contributed by atoms with Crippen molar-refractivity contribution in [3.8, 4) is 0 Å². The summed E-state index contributed by atoms with van der Waals surface area (Å²) in [5, 5.41) is 20.0. The van der Waals surface area contributed by atoms with Crippen molar-refractivity contribution in [2.24, 2.45) is 11.8 Å². The number of carbonyl (C=O) groups is 4. The number of aliphatic hydroxyl groups excluding tert-OH is 2. The molecule has 8 atom stereocenters. The minimum atomic E-state index is -1.19. The van der Waals surface area contributed by atoms with Crippen LogP contribution in [0.4, 0.5) is 19.2 Å². The Morgan fingerprint density at radius 2 is 0.980 bits per heavy atom. The zero-order valence-corrected chi connectivity index (χ0v) is 36.7. The molecule has 0 heterocycles. The molecule has 0 aromatic carbocycles. The molecule has 2 N–H and O–H groups in total. The Balaban J connectivity index is -0.00000268. The maximum absolute atomic E-state index is 11.8. The van der Waals surface area contributed by atoms with E-state index in [1.165, 1.54) is 26.7 Å². The Morgan fingerprint density at radius 3 is 1.39 bits per heavy atom. The molecule has 2 aliphatic rings. The Morgan fingerprint density at radius 1 is 0.608 bits per heavy atom. The van der Waals surface area contributed by atoms with Gasteiger partial charge in [0.05, 0.1) is 12.2 Å². The Hall–Kier alpha value is -1.35. The third kappa shape index (κ3) is 27.0. The molecule has 15 nitrogen and oxygen atoms in total. The maximum Gasteiger partial charge on any atom is 0.510 e. The second-order valence-electron chi connectivity index (χ2n) is 11.4. The molecule has 0 amide bonds. The van der Waals surface area contributed by atoms with Gasteiger partial charge in [0.25, 0.3) is 0 Å². The zero-order chi connectivity index (χ0) is 37.2. The van der Waals surface area contributed by atoms with Gasteiger partial charge in [-0.3, -0.25) is 0 Å². The number of allylic oxidation sites excluding steroid dienone is 2. The predicted octanol–water partition coefficient (Wildman–Crippen LogP) is 6.57. The Labute approximate surface area is 352 Å². The van der Waals surface area contributed by atoms with Crippen molar-refractivity contribution in [1.29, 1.82) is 0 Å². The first-order valence-electron chi connectivity index (χ1n) is 16.9. The SMILES string of the molecule is C=CC1CCC(OC(=O)OCCOC(=O)OC(C)OC(C)OC(=O)OCCOC(=O)OC2CC(C=C)CCC2O)C(O)C1.CCC.CCC.[Y].[Y]. The average molecular weight is 885 g/mol. The minimum absolute atomic E-state index is 0. The van der Waals surface area contributed by atoms with Gasteiger partial charge < -0.3 is 52.8 Å². The largest absolute Gasteiger partial charge is 0.510 e. The molecule has 17 heteroatoms. The third-order valence-corrected chi connectivity index (χ3v) is 6.71. The van der Waals surface area contributed by atoms with Gasteiger partial charge in [0.2, 0.25) is 12.6 Å². The summed E-state index contributed by atoms with van der Waals surface area (Å²) < 4.78 is 44.3. The van der Waals surface area contributed by atoms with Crippen LogP contribution < -0.4 is 0 Å². The van der Waals surface area contributed by atoms with Crippen molar-refractivity contribution in [1.82, 2.24) is 0 Å². The van der Waals surface area contributed by atoms with Crippen LogP contribution in [0.15, 0.2) is 25.3 Å². The van der Waals surface area contributed by atoms with Crippen molar-refractivity contribution >= 4 is 24.6 Å². The number of hydrogen-bond donors (Lipinski definition) is 2. The zero-order valence-electron chi connectivity index (χ0n) is 31.0. The molecule has 2 rings (SSSR count). The van der Waals surface area contributed by atoms with Crippen LogP contribution in [0, 0.1) is 11.8 Å². The van der Waals surface area contributed by atoms with E-state index in [2.05, 4.69) is 40.9 Å². The first-order valence-corrected chi connectivity index (χ1v) is 16.9. The number of hydrogen-bond acceptors (Lipinski definition) is 15. The monoisotopic (exact) mass is 884 g/mol. The van der Waals surface area contributed by atoms with Crippen LogP contribution in [0.3, 0.4) is 0 Å². The number of aliphatic hydroxyl groups is 2. The van der Waals surface area contributed by atoms with Gasteiger partial charge in [0, 0.05) is 65.4 Å². The normalized spacial score (nSPS) is 23.0. The summed E-state index contributed by atoms with van der Waals surface area (Å²) in [6, 6.07) is 0. The van der Waals surface area contributed by atoms with Gasteiger partial charge in [-0.15, -0.1) is 13.2 Å². The molecule has 0 bridgehead atoms. The van der Waals surface area contributed by atoms with Crippen LogP contribution in [0.5, 0.6) is 0 Å². The molecule has 0 aliphatic heterocycles. The number of rotatable bonds is 14. The second kappa shape index (κ2) is 33.2. The minimum Gasteiger partial charge on any atom is -0.431 e. The standard InChI is InChI=1S/C28H42O15.2C3H8.2Y/c1-5-19-8-10-23(22(30)15-19)42-27(33)37-13-11-35-25(31)40-17(3)39-18(4)41-26(32)36-12-14-38-28(34)43-24-16-20(6-2)7-9-21(24)29;2*1-3-2;;/h5-6,17-24,29-30H,1-2,7-16H2,3-4H3;2*3H2,1-2H3;;. The molecule has 2 fully saturated rings. The van der Waals surface area contributed by atoms with Crippen LogP contribution in [-0.2, 0) is 108 Å². The fraction of sp³-hybridized carbons (Fsp3) is 0.765. The van der Waals surface area contributed by atoms with Crippen LogP contribution >= 0.6 is 0 Å².